The molecule has 0 amide bonds. The molecule has 0 radical (unpaired) electrons. The number of hydrogen-bond donors (Lipinski definition) is 3. The maximum atomic E-state index is 14.0. The summed E-state index contributed by atoms with van der Waals surface area (Å²) < 4.78 is 41.0. The van der Waals surface area contributed by atoms with E-state index in [9.17, 15) is 17.9 Å². The number of aryl methyl sites for hydroxylation is 1. The molecule has 10 heteroatoms. The Morgan fingerprint density at radius 3 is 2.74 bits per heavy atom. The second-order valence-corrected chi connectivity index (χ2v) is 11.2. The monoisotopic (exact) mass is 481 g/mol. The number of hydrogen-bond acceptors (Lipinski definition) is 5. The van der Waals surface area contributed by atoms with Crippen LogP contribution in [0.25, 0.3) is 33.5 Å². The third-order valence-electron chi connectivity index (χ3n) is 7.01. The normalized spacial score (nSPS) is 16.8. The lowest BCUT2D eigenvalue weighted by atomic mass is 9.96. The molecule has 4 aromatic rings. The van der Waals surface area contributed by atoms with Crippen LogP contribution in [-0.4, -0.2) is 43.2 Å². The molecule has 2 aromatic heterocycles. The van der Waals surface area contributed by atoms with Crippen LogP contribution in [0.15, 0.2) is 30.3 Å². The molecule has 8 nitrogen and oxygen atoms in total. The number of sulfonamides is 1. The first-order valence-corrected chi connectivity index (χ1v) is 12.9. The summed E-state index contributed by atoms with van der Waals surface area (Å²) in [6.45, 7) is 2.54. The first kappa shape index (κ1) is 21.3. The van der Waals surface area contributed by atoms with Crippen molar-refractivity contribution in [2.75, 3.05) is 0 Å². The van der Waals surface area contributed by atoms with Crippen LogP contribution in [0.3, 0.4) is 0 Å². The molecule has 1 saturated carbocycles. The van der Waals surface area contributed by atoms with Gasteiger partial charge in [0.05, 0.1) is 35.2 Å². The molecule has 0 saturated heterocycles. The number of fused-ring (bicyclic) bond motifs is 2. The molecule has 1 fully saturated rings. The second-order valence-electron chi connectivity index (χ2n) is 9.02. The van der Waals surface area contributed by atoms with Crippen LogP contribution in [0.4, 0.5) is 4.39 Å². The number of nitrogens with zero attached hydrogens (tertiary/aromatic N) is 3. The molecule has 2 aromatic carbocycles. The fraction of sp³-hybridized carbons (Fsp3) is 0.333. The molecule has 0 bridgehead atoms. The lowest BCUT2D eigenvalue weighted by Gasteiger charge is -2.29. The Balaban J connectivity index is 1.31. The Labute approximate surface area is 195 Å². The Hall–Kier alpha value is -3.24. The van der Waals surface area contributed by atoms with Gasteiger partial charge < -0.3 is 10.1 Å². The van der Waals surface area contributed by atoms with Crippen molar-refractivity contribution in [1.82, 2.24) is 24.5 Å². The van der Waals surface area contributed by atoms with Gasteiger partial charge in [-0.1, -0.05) is 19.4 Å². The molecule has 3 N–H and O–H groups in total. The Kier molecular flexibility index (Phi) is 4.79. The first-order valence-electron chi connectivity index (χ1n) is 11.4. The zero-order valence-electron chi connectivity index (χ0n) is 18.6. The number of aromatic nitrogens is 4. The van der Waals surface area contributed by atoms with Crippen LogP contribution < -0.4 is 0 Å². The number of aromatic amines is 2. The van der Waals surface area contributed by atoms with Gasteiger partial charge in [0.1, 0.15) is 5.69 Å². The van der Waals surface area contributed by atoms with Crippen molar-refractivity contribution in [3.8, 4) is 28.4 Å². The molecule has 6 rings (SSSR count). The predicted octanol–water partition coefficient (Wildman–Crippen LogP) is 4.23. The summed E-state index contributed by atoms with van der Waals surface area (Å²) in [4.78, 5) is 7.92. The van der Waals surface area contributed by atoms with Gasteiger partial charge in [-0.25, -0.2) is 17.8 Å². The minimum atomic E-state index is -3.27. The zero-order chi connectivity index (χ0) is 23.6. The van der Waals surface area contributed by atoms with E-state index in [1.165, 1.54) is 16.4 Å². The Morgan fingerprint density at radius 2 is 2.03 bits per heavy atom. The summed E-state index contributed by atoms with van der Waals surface area (Å²) in [7, 11) is -3.27. The van der Waals surface area contributed by atoms with Gasteiger partial charge >= 0.3 is 0 Å². The van der Waals surface area contributed by atoms with E-state index < -0.39 is 15.8 Å². The summed E-state index contributed by atoms with van der Waals surface area (Å²) in [5.41, 5.74) is 5.35. The van der Waals surface area contributed by atoms with Crippen LogP contribution >= 0.6 is 0 Å². The summed E-state index contributed by atoms with van der Waals surface area (Å²) in [5, 5.41) is 17.8. The number of H-pyrrole nitrogens is 2. The third-order valence-corrected chi connectivity index (χ3v) is 9.30. The molecule has 1 aliphatic heterocycles. The summed E-state index contributed by atoms with van der Waals surface area (Å²) in [5.74, 6) is -0.416. The van der Waals surface area contributed by atoms with Crippen LogP contribution in [0.1, 0.15) is 43.1 Å². The molecule has 1 aliphatic carbocycles. The van der Waals surface area contributed by atoms with Gasteiger partial charge in [0.2, 0.25) is 10.0 Å². The molecule has 176 valence electrons. The average Bonchev–Trinajstić information content (AvgIpc) is 3.46. The van der Waals surface area contributed by atoms with Gasteiger partial charge in [-0.15, -0.1) is 0 Å². The maximum absolute atomic E-state index is 14.0. The van der Waals surface area contributed by atoms with Gasteiger partial charge in [-0.05, 0) is 60.2 Å². The zero-order valence-corrected chi connectivity index (χ0v) is 19.4. The lowest BCUT2D eigenvalue weighted by Crippen LogP contribution is -2.39. The molecule has 2 aliphatic rings. The van der Waals surface area contributed by atoms with E-state index in [2.05, 4.69) is 20.2 Å². The number of phenolic OH excluding ortho intramolecular Hbond substituents is 1. The van der Waals surface area contributed by atoms with E-state index >= 15 is 0 Å². The number of aromatic hydroxyl groups is 1. The summed E-state index contributed by atoms with van der Waals surface area (Å²) in [6, 6.07) is 8.53. The van der Waals surface area contributed by atoms with Crippen LogP contribution in [0, 0.1) is 5.82 Å². The van der Waals surface area contributed by atoms with E-state index in [1.54, 1.807) is 0 Å². The quantitative estimate of drug-likeness (QED) is 0.395. The fourth-order valence-corrected chi connectivity index (χ4v) is 6.77. The van der Waals surface area contributed by atoms with Gasteiger partial charge in [0.25, 0.3) is 0 Å². The highest BCUT2D eigenvalue weighted by molar-refractivity contribution is 7.89. The van der Waals surface area contributed by atoms with Crippen molar-refractivity contribution in [2.45, 2.75) is 50.9 Å². The average molecular weight is 482 g/mol. The number of nitrogens with one attached hydrogen (secondary N) is 2. The van der Waals surface area contributed by atoms with Crippen molar-refractivity contribution in [2.24, 2.45) is 0 Å². The molecular weight excluding hydrogens is 457 g/mol. The number of phenols is 1. The van der Waals surface area contributed by atoms with Crippen molar-refractivity contribution in [3.05, 3.63) is 53.1 Å². The van der Waals surface area contributed by atoms with Crippen molar-refractivity contribution in [3.63, 3.8) is 0 Å². The van der Waals surface area contributed by atoms with E-state index in [1.807, 2.05) is 25.1 Å². The van der Waals surface area contributed by atoms with E-state index in [-0.39, 0.29) is 17.5 Å². The van der Waals surface area contributed by atoms with Gasteiger partial charge in [-0.3, -0.25) is 5.10 Å². The lowest BCUT2D eigenvalue weighted by molar-refractivity contribution is 0.387. The van der Waals surface area contributed by atoms with Crippen molar-refractivity contribution in [1.29, 1.82) is 0 Å². The van der Waals surface area contributed by atoms with Gasteiger partial charge in [0, 0.05) is 5.39 Å². The molecule has 0 unspecified atom stereocenters. The molecular formula is C24H24FN5O3S. The number of imidazole rings is 1. The topological polar surface area (TPSA) is 115 Å². The standard InChI is InChI=1S/C24H24FN5O3S/c1-2-13-9-22(31)18(25)10-17(13)14-6-7-16-19(8-14)28-29-23(16)24-26-20-11-30(12-21(20)27-24)34(32,33)15-4-3-5-15/h6-10,15,31H,2-5,11-12H2,1H3,(H,26,27)(H,28,29). The number of halogens is 1. The largest absolute Gasteiger partial charge is 0.505 e. The van der Waals surface area contributed by atoms with E-state index in [4.69, 9.17) is 0 Å². The molecule has 0 spiro atoms. The SMILES string of the molecule is CCc1cc(O)c(F)cc1-c1ccc2c(-c3nc4c([nH]3)CN(S(=O)(=O)C3CCC3)C4)n[nH]c2c1. The van der Waals surface area contributed by atoms with E-state index in [0.29, 0.717) is 24.5 Å². The Morgan fingerprint density at radius 1 is 1.21 bits per heavy atom. The summed E-state index contributed by atoms with van der Waals surface area (Å²) >= 11 is 0. The van der Waals surface area contributed by atoms with E-state index in [0.717, 1.165) is 58.2 Å². The minimum absolute atomic E-state index is 0.254. The van der Waals surface area contributed by atoms with Crippen molar-refractivity contribution >= 4 is 20.9 Å². The van der Waals surface area contributed by atoms with Crippen molar-refractivity contribution < 1.29 is 17.9 Å². The molecule has 0 atom stereocenters. The minimum Gasteiger partial charge on any atom is -0.505 e. The summed E-state index contributed by atoms with van der Waals surface area (Å²) in [6.07, 6.45) is 3.11. The maximum Gasteiger partial charge on any atom is 0.217 e. The Bertz CT molecular complexity index is 1510. The highest BCUT2D eigenvalue weighted by Gasteiger charge is 2.40. The van der Waals surface area contributed by atoms with Gasteiger partial charge in [0.15, 0.2) is 17.4 Å². The van der Waals surface area contributed by atoms with Gasteiger partial charge in [-0.2, -0.15) is 9.40 Å². The second kappa shape index (κ2) is 7.64. The third kappa shape index (κ3) is 3.24. The van der Waals surface area contributed by atoms with Crippen LogP contribution in [0.5, 0.6) is 5.75 Å². The predicted molar refractivity (Wildman–Crippen MR) is 126 cm³/mol. The number of benzene rings is 2. The fourth-order valence-electron chi connectivity index (χ4n) is 4.81. The smallest absolute Gasteiger partial charge is 0.217 e. The molecule has 34 heavy (non-hydrogen) atoms. The first-order chi connectivity index (χ1) is 16.3. The van der Waals surface area contributed by atoms with Crippen LogP contribution in [0.2, 0.25) is 0 Å². The highest BCUT2D eigenvalue weighted by atomic mass is 32.2. The molecule has 3 heterocycles. The number of rotatable bonds is 5. The highest BCUT2D eigenvalue weighted by Crippen LogP contribution is 2.36. The van der Waals surface area contributed by atoms with Crippen LogP contribution in [-0.2, 0) is 29.5 Å².